The lowest BCUT2D eigenvalue weighted by atomic mass is 9.97. The largest absolute Gasteiger partial charge is 0.481 e. The Morgan fingerprint density at radius 3 is 2.67 bits per heavy atom. The maximum absolute atomic E-state index is 11.1. The summed E-state index contributed by atoms with van der Waals surface area (Å²) in [6, 6.07) is 8.06. The van der Waals surface area contributed by atoms with Gasteiger partial charge in [-0.05, 0) is 62.8 Å². The van der Waals surface area contributed by atoms with Crippen molar-refractivity contribution < 1.29 is 14.6 Å². The van der Waals surface area contributed by atoms with Gasteiger partial charge in [-0.25, -0.2) is 9.97 Å². The van der Waals surface area contributed by atoms with Gasteiger partial charge in [0, 0.05) is 31.1 Å². The molecule has 2 N–H and O–H groups in total. The molecule has 0 aliphatic carbocycles. The van der Waals surface area contributed by atoms with Gasteiger partial charge in [0.25, 0.3) is 0 Å². The summed E-state index contributed by atoms with van der Waals surface area (Å²) in [6.45, 7) is 2.37. The molecule has 0 spiro atoms. The Balaban J connectivity index is 1.35. The first kappa shape index (κ1) is 20.9. The Kier molecular flexibility index (Phi) is 6.69. The molecule has 1 aromatic carbocycles. The summed E-state index contributed by atoms with van der Waals surface area (Å²) in [5.74, 6) is -0.386. The Bertz CT molecular complexity index is 863. The number of hydrogen-bond acceptors (Lipinski definition) is 6. The van der Waals surface area contributed by atoms with E-state index in [9.17, 15) is 4.79 Å². The van der Waals surface area contributed by atoms with Crippen molar-refractivity contribution in [3.05, 3.63) is 41.2 Å². The fourth-order valence-electron chi connectivity index (χ4n) is 4.08. The highest BCUT2D eigenvalue weighted by Gasteiger charge is 2.24. The highest BCUT2D eigenvalue weighted by atomic mass is 35.5. The predicted octanol–water partition coefficient (Wildman–Crippen LogP) is 4.29. The van der Waals surface area contributed by atoms with Crippen molar-refractivity contribution in [3.63, 3.8) is 0 Å². The molecule has 30 heavy (non-hydrogen) atoms. The van der Waals surface area contributed by atoms with Crippen molar-refractivity contribution in [2.45, 2.75) is 44.6 Å². The van der Waals surface area contributed by atoms with E-state index in [2.05, 4.69) is 20.2 Å². The summed E-state index contributed by atoms with van der Waals surface area (Å²) in [5, 5.41) is 13.0. The molecule has 1 atom stereocenters. The second kappa shape index (κ2) is 9.62. The molecule has 0 amide bonds. The highest BCUT2D eigenvalue weighted by molar-refractivity contribution is 6.31. The van der Waals surface area contributed by atoms with Gasteiger partial charge < -0.3 is 20.1 Å². The highest BCUT2D eigenvalue weighted by Crippen LogP contribution is 2.26. The van der Waals surface area contributed by atoms with Gasteiger partial charge in [0.1, 0.15) is 0 Å². The number of nitrogens with one attached hydrogen (secondary N) is 1. The Morgan fingerprint density at radius 1 is 1.23 bits per heavy atom. The third kappa shape index (κ3) is 5.21. The molecular formula is C22H27ClN4O3. The number of carbonyl (C=O) groups is 1. The minimum atomic E-state index is -0.688. The van der Waals surface area contributed by atoms with Crippen LogP contribution in [0.1, 0.15) is 37.8 Å². The van der Waals surface area contributed by atoms with Gasteiger partial charge in [-0.1, -0.05) is 11.6 Å². The quantitative estimate of drug-likeness (QED) is 0.677. The zero-order valence-electron chi connectivity index (χ0n) is 16.9. The molecule has 2 aromatic rings. The van der Waals surface area contributed by atoms with Crippen LogP contribution in [0.5, 0.6) is 0 Å². The monoisotopic (exact) mass is 430 g/mol. The molecule has 8 heteroatoms. The topological polar surface area (TPSA) is 87.6 Å². The van der Waals surface area contributed by atoms with E-state index in [4.69, 9.17) is 21.4 Å². The summed E-state index contributed by atoms with van der Waals surface area (Å²) in [6.07, 6.45) is 7.24. The second-order valence-corrected chi connectivity index (χ2v) is 8.34. The van der Waals surface area contributed by atoms with Crippen LogP contribution in [0, 0.1) is 5.92 Å². The van der Waals surface area contributed by atoms with Crippen molar-refractivity contribution in [2.75, 3.05) is 29.9 Å². The molecule has 4 rings (SSSR count). The number of hydrogen-bond donors (Lipinski definition) is 2. The van der Waals surface area contributed by atoms with Crippen molar-refractivity contribution in [1.29, 1.82) is 0 Å². The van der Waals surface area contributed by atoms with E-state index in [-0.39, 0.29) is 5.92 Å². The zero-order valence-corrected chi connectivity index (χ0v) is 17.6. The number of halogens is 1. The number of carboxylic acid groups (broad SMARTS) is 1. The number of anilines is 3. The van der Waals surface area contributed by atoms with Crippen LogP contribution < -0.4 is 10.2 Å². The summed E-state index contributed by atoms with van der Waals surface area (Å²) in [5.41, 5.74) is 2.83. The van der Waals surface area contributed by atoms with Gasteiger partial charge in [-0.2, -0.15) is 0 Å². The second-order valence-electron chi connectivity index (χ2n) is 7.93. The summed E-state index contributed by atoms with van der Waals surface area (Å²) >= 11 is 6.29. The van der Waals surface area contributed by atoms with Crippen LogP contribution in [0.15, 0.2) is 30.5 Å². The van der Waals surface area contributed by atoms with E-state index in [0.717, 1.165) is 62.4 Å². The van der Waals surface area contributed by atoms with Crippen molar-refractivity contribution >= 4 is 34.9 Å². The maximum Gasteiger partial charge on any atom is 0.306 e. The van der Waals surface area contributed by atoms with Gasteiger partial charge in [0.2, 0.25) is 5.95 Å². The number of carboxylic acids is 1. The summed E-state index contributed by atoms with van der Waals surface area (Å²) < 4.78 is 5.68. The Morgan fingerprint density at radius 2 is 2.00 bits per heavy atom. The molecule has 0 radical (unpaired) electrons. The molecule has 1 aromatic heterocycles. The number of ether oxygens (including phenoxy) is 1. The standard InChI is InChI=1S/C22H27ClN4O3/c23-19-14-24-22(26-20(19)8-7-18-2-1-13-30-18)25-16-3-5-17(6-4-16)27-11-9-15(10-12-27)21(28)29/h3-6,14-15,18H,1-2,7-13H2,(H,28,29)(H,24,25,26)/t18-/m1/s1. The average molecular weight is 431 g/mol. The third-order valence-electron chi connectivity index (χ3n) is 5.88. The SMILES string of the molecule is O=C(O)C1CCN(c2ccc(Nc3ncc(Cl)c(CC[C@H]4CCCO4)n3)cc2)CC1. The van der Waals surface area contributed by atoms with Crippen LogP contribution in [-0.2, 0) is 16.0 Å². The molecule has 0 saturated carbocycles. The van der Waals surface area contributed by atoms with Gasteiger partial charge in [-0.15, -0.1) is 0 Å². The fourth-order valence-corrected chi connectivity index (χ4v) is 4.26. The molecule has 3 heterocycles. The van der Waals surface area contributed by atoms with E-state index < -0.39 is 5.97 Å². The smallest absolute Gasteiger partial charge is 0.306 e. The van der Waals surface area contributed by atoms with E-state index in [1.165, 1.54) is 0 Å². The number of aryl methyl sites for hydroxylation is 1. The van der Waals surface area contributed by atoms with E-state index >= 15 is 0 Å². The fraction of sp³-hybridized carbons (Fsp3) is 0.500. The van der Waals surface area contributed by atoms with E-state index in [1.54, 1.807) is 6.20 Å². The Labute approximate surface area is 181 Å². The molecule has 2 fully saturated rings. The lowest BCUT2D eigenvalue weighted by molar-refractivity contribution is -0.142. The normalized spacial score (nSPS) is 19.8. The number of piperidine rings is 1. The van der Waals surface area contributed by atoms with Crippen molar-refractivity contribution in [2.24, 2.45) is 5.92 Å². The van der Waals surface area contributed by atoms with Crippen molar-refractivity contribution in [1.82, 2.24) is 9.97 Å². The van der Waals surface area contributed by atoms with Gasteiger partial charge in [-0.3, -0.25) is 4.79 Å². The van der Waals surface area contributed by atoms with E-state index in [1.807, 2.05) is 24.3 Å². The lowest BCUT2D eigenvalue weighted by Crippen LogP contribution is -2.36. The van der Waals surface area contributed by atoms with Crippen molar-refractivity contribution in [3.8, 4) is 0 Å². The molecule has 0 bridgehead atoms. The number of benzene rings is 1. The van der Waals surface area contributed by atoms with Crippen LogP contribution in [-0.4, -0.2) is 46.8 Å². The summed E-state index contributed by atoms with van der Waals surface area (Å²) in [4.78, 5) is 22.2. The minimum Gasteiger partial charge on any atom is -0.481 e. The maximum atomic E-state index is 11.1. The summed E-state index contributed by atoms with van der Waals surface area (Å²) in [7, 11) is 0. The Hall–Kier alpha value is -2.38. The third-order valence-corrected chi connectivity index (χ3v) is 6.19. The van der Waals surface area contributed by atoms with Crippen LogP contribution in [0.2, 0.25) is 5.02 Å². The first-order valence-electron chi connectivity index (χ1n) is 10.6. The van der Waals surface area contributed by atoms with Crippen LogP contribution >= 0.6 is 11.6 Å². The molecular weight excluding hydrogens is 404 g/mol. The average Bonchev–Trinajstić information content (AvgIpc) is 3.28. The number of nitrogens with zero attached hydrogens (tertiary/aromatic N) is 3. The van der Waals surface area contributed by atoms with Gasteiger partial charge >= 0.3 is 5.97 Å². The van der Waals surface area contributed by atoms with Crippen LogP contribution in [0.25, 0.3) is 0 Å². The number of rotatable bonds is 7. The molecule has 2 aliphatic heterocycles. The predicted molar refractivity (Wildman–Crippen MR) is 117 cm³/mol. The molecule has 7 nitrogen and oxygen atoms in total. The van der Waals surface area contributed by atoms with Crippen LogP contribution in [0.3, 0.4) is 0 Å². The molecule has 160 valence electrons. The molecule has 0 unspecified atom stereocenters. The first-order valence-corrected chi connectivity index (χ1v) is 10.9. The molecule has 2 saturated heterocycles. The zero-order chi connectivity index (χ0) is 20.9. The minimum absolute atomic E-state index is 0.223. The lowest BCUT2D eigenvalue weighted by Gasteiger charge is -2.32. The number of aromatic nitrogens is 2. The van der Waals surface area contributed by atoms with E-state index in [0.29, 0.717) is 29.9 Å². The van der Waals surface area contributed by atoms with Crippen LogP contribution in [0.4, 0.5) is 17.3 Å². The molecule has 2 aliphatic rings. The first-order chi connectivity index (χ1) is 14.6. The number of aliphatic carboxylic acids is 1. The van der Waals surface area contributed by atoms with Gasteiger partial charge in [0.05, 0.1) is 28.9 Å². The van der Waals surface area contributed by atoms with Gasteiger partial charge in [0.15, 0.2) is 0 Å².